The molecule has 0 radical (unpaired) electrons. The molecule has 0 atom stereocenters. The predicted molar refractivity (Wildman–Crippen MR) is 60.4 cm³/mol. The lowest BCUT2D eigenvalue weighted by Gasteiger charge is -2.25. The third-order valence-corrected chi connectivity index (χ3v) is 3.15. The van der Waals surface area contributed by atoms with E-state index < -0.39 is 0 Å². The minimum atomic E-state index is 1.01. The Hall–Kier alpha value is -0.340. The van der Waals surface area contributed by atoms with Gasteiger partial charge >= 0.3 is 0 Å². The van der Waals surface area contributed by atoms with Gasteiger partial charge in [-0.1, -0.05) is 11.6 Å². The van der Waals surface area contributed by atoms with E-state index in [0.717, 1.165) is 5.92 Å². The largest absolute Gasteiger partial charge is 0.315 e. The Morgan fingerprint density at radius 2 is 2.36 bits per heavy atom. The van der Waals surface area contributed by atoms with E-state index in [4.69, 9.17) is 0 Å². The van der Waals surface area contributed by atoms with Gasteiger partial charge < -0.3 is 5.32 Å². The van der Waals surface area contributed by atoms with Crippen molar-refractivity contribution in [3.8, 4) is 0 Å². The summed E-state index contributed by atoms with van der Waals surface area (Å²) in [6.07, 6.45) is 6.53. The zero-order chi connectivity index (χ0) is 9.80. The number of nitrogens with one attached hydrogen (secondary N) is 1. The minimum Gasteiger partial charge on any atom is -0.315 e. The molecule has 0 aromatic rings. The van der Waals surface area contributed by atoms with E-state index in [0.29, 0.717) is 0 Å². The van der Waals surface area contributed by atoms with Gasteiger partial charge in [-0.15, -0.1) is 0 Å². The lowest BCUT2D eigenvalue weighted by molar-refractivity contribution is 0.289. The van der Waals surface area contributed by atoms with Crippen molar-refractivity contribution < 1.29 is 0 Å². The van der Waals surface area contributed by atoms with E-state index in [9.17, 15) is 0 Å². The molecule has 1 heterocycles. The van der Waals surface area contributed by atoms with Crippen molar-refractivity contribution in [2.75, 3.05) is 32.7 Å². The van der Waals surface area contributed by atoms with Crippen molar-refractivity contribution in [2.24, 2.45) is 5.92 Å². The van der Waals surface area contributed by atoms with Crippen molar-refractivity contribution in [1.29, 1.82) is 0 Å². The first-order valence-corrected chi connectivity index (χ1v) is 5.93. The van der Waals surface area contributed by atoms with Gasteiger partial charge in [-0.3, -0.25) is 4.90 Å². The maximum absolute atomic E-state index is 3.55. The number of rotatable bonds is 5. The molecule has 0 spiro atoms. The first-order valence-electron chi connectivity index (χ1n) is 5.93. The van der Waals surface area contributed by atoms with Crippen LogP contribution in [0.15, 0.2) is 11.6 Å². The summed E-state index contributed by atoms with van der Waals surface area (Å²) in [5.41, 5.74) is 1.54. The molecule has 0 amide bonds. The molecular formula is C12H22N2. The highest BCUT2D eigenvalue weighted by Gasteiger charge is 2.20. The Morgan fingerprint density at radius 1 is 1.50 bits per heavy atom. The van der Waals surface area contributed by atoms with Gasteiger partial charge in [-0.05, 0) is 38.6 Å². The minimum absolute atomic E-state index is 1.01. The third-order valence-electron chi connectivity index (χ3n) is 3.15. The summed E-state index contributed by atoms with van der Waals surface area (Å²) in [7, 11) is 0. The lowest BCUT2D eigenvalue weighted by Crippen LogP contribution is -2.36. The molecule has 1 aliphatic heterocycles. The van der Waals surface area contributed by atoms with E-state index in [1.807, 2.05) is 0 Å². The van der Waals surface area contributed by atoms with Gasteiger partial charge in [0.25, 0.3) is 0 Å². The highest BCUT2D eigenvalue weighted by atomic mass is 15.1. The third kappa shape index (κ3) is 3.43. The van der Waals surface area contributed by atoms with E-state index >= 15 is 0 Å². The van der Waals surface area contributed by atoms with Gasteiger partial charge in [0.05, 0.1) is 0 Å². The summed E-state index contributed by atoms with van der Waals surface area (Å²) in [4.78, 5) is 2.55. The highest BCUT2D eigenvalue weighted by Crippen LogP contribution is 2.27. The zero-order valence-electron chi connectivity index (χ0n) is 9.26. The van der Waals surface area contributed by atoms with Crippen molar-refractivity contribution in [3.63, 3.8) is 0 Å². The first-order chi connectivity index (χ1) is 6.84. The Balaban J connectivity index is 1.53. The maximum Gasteiger partial charge on any atom is 0.0190 e. The van der Waals surface area contributed by atoms with Crippen molar-refractivity contribution in [3.05, 3.63) is 11.6 Å². The predicted octanol–water partition coefficient (Wildman–Crippen LogP) is 1.64. The van der Waals surface area contributed by atoms with Crippen LogP contribution in [-0.4, -0.2) is 37.6 Å². The van der Waals surface area contributed by atoms with E-state index in [2.05, 4.69) is 23.2 Å². The molecule has 0 bridgehead atoms. The highest BCUT2D eigenvalue weighted by molar-refractivity contribution is 5.04. The SMILES string of the molecule is CC1=CCCN(CCNCC2CC2)C1. The number of nitrogens with zero attached hydrogens (tertiary/aromatic N) is 1. The average molecular weight is 194 g/mol. The Labute approximate surface area is 87.4 Å². The Kier molecular flexibility index (Phi) is 3.60. The molecule has 2 heteroatoms. The van der Waals surface area contributed by atoms with Crippen molar-refractivity contribution in [2.45, 2.75) is 26.2 Å². The smallest absolute Gasteiger partial charge is 0.0190 e. The molecule has 80 valence electrons. The summed E-state index contributed by atoms with van der Waals surface area (Å²) in [5.74, 6) is 1.01. The molecule has 0 unspecified atom stereocenters. The van der Waals surface area contributed by atoms with Gasteiger partial charge in [0.2, 0.25) is 0 Å². The summed E-state index contributed by atoms with van der Waals surface area (Å²) in [6.45, 7) is 8.32. The van der Waals surface area contributed by atoms with Crippen LogP contribution in [0.3, 0.4) is 0 Å². The Morgan fingerprint density at radius 3 is 3.07 bits per heavy atom. The fraction of sp³-hybridized carbons (Fsp3) is 0.833. The zero-order valence-corrected chi connectivity index (χ0v) is 9.26. The van der Waals surface area contributed by atoms with Crippen molar-refractivity contribution >= 4 is 0 Å². The molecule has 0 aromatic carbocycles. The fourth-order valence-electron chi connectivity index (χ4n) is 2.05. The molecule has 1 aliphatic carbocycles. The van der Waals surface area contributed by atoms with Crippen LogP contribution in [0.1, 0.15) is 26.2 Å². The quantitative estimate of drug-likeness (QED) is 0.529. The number of hydrogen-bond donors (Lipinski definition) is 1. The van der Waals surface area contributed by atoms with Gasteiger partial charge in [0, 0.05) is 26.2 Å². The van der Waals surface area contributed by atoms with Crippen molar-refractivity contribution in [1.82, 2.24) is 10.2 Å². The molecular weight excluding hydrogens is 172 g/mol. The maximum atomic E-state index is 3.55. The van der Waals surface area contributed by atoms with Gasteiger partial charge in [0.1, 0.15) is 0 Å². The molecule has 1 saturated carbocycles. The second-order valence-corrected chi connectivity index (χ2v) is 4.76. The standard InChI is InChI=1S/C12H22N2/c1-11-3-2-7-14(10-11)8-6-13-9-12-4-5-12/h3,12-13H,2,4-10H2,1H3. The first kappa shape index (κ1) is 10.2. The normalized spacial score (nSPS) is 23.6. The monoisotopic (exact) mass is 194 g/mol. The lowest BCUT2D eigenvalue weighted by atomic mass is 10.1. The van der Waals surface area contributed by atoms with Crippen LogP contribution in [-0.2, 0) is 0 Å². The second kappa shape index (κ2) is 4.94. The molecule has 2 rings (SSSR count). The molecule has 0 aromatic heterocycles. The average Bonchev–Trinajstić information content (AvgIpc) is 2.96. The molecule has 1 N–H and O–H groups in total. The topological polar surface area (TPSA) is 15.3 Å². The molecule has 14 heavy (non-hydrogen) atoms. The summed E-state index contributed by atoms with van der Waals surface area (Å²) < 4.78 is 0. The number of hydrogen-bond acceptors (Lipinski definition) is 2. The van der Waals surface area contributed by atoms with Crippen LogP contribution >= 0.6 is 0 Å². The van der Waals surface area contributed by atoms with Crippen LogP contribution in [0.25, 0.3) is 0 Å². The van der Waals surface area contributed by atoms with Crippen LogP contribution < -0.4 is 5.32 Å². The van der Waals surface area contributed by atoms with E-state index in [1.54, 1.807) is 5.57 Å². The Bertz CT molecular complexity index is 206. The summed E-state index contributed by atoms with van der Waals surface area (Å²) in [5, 5.41) is 3.55. The molecule has 1 fully saturated rings. The van der Waals surface area contributed by atoms with Crippen LogP contribution in [0, 0.1) is 5.92 Å². The van der Waals surface area contributed by atoms with E-state index in [-0.39, 0.29) is 0 Å². The molecule has 2 nitrogen and oxygen atoms in total. The van der Waals surface area contributed by atoms with Crippen LogP contribution in [0.5, 0.6) is 0 Å². The fourth-order valence-corrected chi connectivity index (χ4v) is 2.05. The van der Waals surface area contributed by atoms with Crippen LogP contribution in [0.2, 0.25) is 0 Å². The second-order valence-electron chi connectivity index (χ2n) is 4.76. The van der Waals surface area contributed by atoms with E-state index in [1.165, 1.54) is 52.0 Å². The summed E-state index contributed by atoms with van der Waals surface area (Å²) >= 11 is 0. The van der Waals surface area contributed by atoms with Gasteiger partial charge in [0.15, 0.2) is 0 Å². The van der Waals surface area contributed by atoms with Crippen LogP contribution in [0.4, 0.5) is 0 Å². The van der Waals surface area contributed by atoms with Gasteiger partial charge in [-0.25, -0.2) is 0 Å². The molecule has 0 saturated heterocycles. The molecule has 2 aliphatic rings. The summed E-state index contributed by atoms with van der Waals surface area (Å²) in [6, 6.07) is 0. The van der Waals surface area contributed by atoms with Gasteiger partial charge in [-0.2, -0.15) is 0 Å².